The molecule has 0 radical (unpaired) electrons. The Balaban J connectivity index is 2.01. The summed E-state index contributed by atoms with van der Waals surface area (Å²) in [5.41, 5.74) is -0.176. The fourth-order valence-corrected chi connectivity index (χ4v) is 3.00. The first-order valence-corrected chi connectivity index (χ1v) is 8.22. The van der Waals surface area contributed by atoms with E-state index in [9.17, 15) is 19.8 Å². The van der Waals surface area contributed by atoms with Crippen molar-refractivity contribution in [3.05, 3.63) is 46.5 Å². The third kappa shape index (κ3) is 3.86. The number of hydrogen-bond acceptors (Lipinski definition) is 6. The maximum Gasteiger partial charge on any atom is 0.342 e. The van der Waals surface area contributed by atoms with Gasteiger partial charge < -0.3 is 19.7 Å². The number of fused-ring (bicyclic) bond motifs is 2. The van der Waals surface area contributed by atoms with Crippen molar-refractivity contribution in [3.63, 3.8) is 0 Å². The Morgan fingerprint density at radius 2 is 1.96 bits per heavy atom. The van der Waals surface area contributed by atoms with Gasteiger partial charge in [-0.05, 0) is 13.0 Å². The van der Waals surface area contributed by atoms with E-state index in [1.54, 1.807) is 19.1 Å². The summed E-state index contributed by atoms with van der Waals surface area (Å²) in [5, 5.41) is 19.7. The molecule has 6 nitrogen and oxygen atoms in total. The lowest BCUT2D eigenvalue weighted by Gasteiger charge is -2.16. The van der Waals surface area contributed by atoms with E-state index in [1.165, 1.54) is 6.08 Å². The van der Waals surface area contributed by atoms with Gasteiger partial charge >= 0.3 is 5.97 Å². The van der Waals surface area contributed by atoms with E-state index in [1.807, 2.05) is 6.08 Å². The smallest absolute Gasteiger partial charge is 0.342 e. The molecule has 0 aromatic heterocycles. The number of aromatic hydroxyl groups is 2. The minimum Gasteiger partial charge on any atom is -0.507 e. The molecule has 2 aliphatic heterocycles. The third-order valence-electron chi connectivity index (χ3n) is 4.06. The highest BCUT2D eigenvalue weighted by Gasteiger charge is 2.38. The van der Waals surface area contributed by atoms with Gasteiger partial charge in [-0.15, -0.1) is 0 Å². The summed E-state index contributed by atoms with van der Waals surface area (Å²) in [6.07, 6.45) is 6.13. The number of phenols is 2. The van der Waals surface area contributed by atoms with Gasteiger partial charge in [0, 0.05) is 24.5 Å². The van der Waals surface area contributed by atoms with Crippen LogP contribution in [0.1, 0.15) is 29.3 Å². The van der Waals surface area contributed by atoms with Crippen LogP contribution in [-0.2, 0) is 20.7 Å². The van der Waals surface area contributed by atoms with Gasteiger partial charge in [-0.3, -0.25) is 4.79 Å². The van der Waals surface area contributed by atoms with Crippen LogP contribution in [0.5, 0.6) is 11.5 Å². The Morgan fingerprint density at radius 1 is 1.20 bits per heavy atom. The van der Waals surface area contributed by atoms with Crippen LogP contribution in [0.15, 0.2) is 30.4 Å². The predicted octanol–water partition coefficient (Wildman–Crippen LogP) is 2.69. The fraction of sp³-hybridized carbons (Fsp3) is 0.333. The molecule has 132 valence electrons. The molecule has 7 heteroatoms. The second-order valence-electron chi connectivity index (χ2n) is 6.06. The fourth-order valence-electron chi connectivity index (χ4n) is 2.78. The second-order valence-corrected chi connectivity index (χ2v) is 6.44. The molecular formula is C18H17ClO6. The lowest BCUT2D eigenvalue weighted by atomic mass is 10.00. The van der Waals surface area contributed by atoms with Gasteiger partial charge in [0.05, 0.1) is 11.1 Å². The monoisotopic (exact) mass is 364 g/mol. The van der Waals surface area contributed by atoms with Crippen molar-refractivity contribution in [1.82, 2.24) is 0 Å². The molecule has 25 heavy (non-hydrogen) atoms. The molecule has 3 rings (SSSR count). The number of hydrogen-bond donors (Lipinski definition) is 2. The first-order chi connectivity index (χ1) is 11.9. The second kappa shape index (κ2) is 6.90. The van der Waals surface area contributed by atoms with Crippen LogP contribution in [-0.4, -0.2) is 40.3 Å². The van der Waals surface area contributed by atoms with Crippen molar-refractivity contribution in [2.24, 2.45) is 0 Å². The average Bonchev–Trinajstić information content (AvgIpc) is 3.25. The highest BCUT2D eigenvalue weighted by molar-refractivity contribution is 6.33. The van der Waals surface area contributed by atoms with E-state index < -0.39 is 23.6 Å². The Kier molecular flexibility index (Phi) is 4.83. The number of carbonyl (C=O) groups is 2. The summed E-state index contributed by atoms with van der Waals surface area (Å²) in [4.78, 5) is 24.6. The summed E-state index contributed by atoms with van der Waals surface area (Å²) in [6, 6.07) is 0.958. The number of phenolic OH excluding ortho intramolecular Hbond substituents is 2. The van der Waals surface area contributed by atoms with Crippen molar-refractivity contribution >= 4 is 23.4 Å². The van der Waals surface area contributed by atoms with Gasteiger partial charge in [0.15, 0.2) is 5.78 Å². The van der Waals surface area contributed by atoms with Crippen LogP contribution in [0.4, 0.5) is 0 Å². The van der Waals surface area contributed by atoms with Gasteiger partial charge in [-0.25, -0.2) is 4.79 Å². The Bertz CT molecular complexity index is 782. The van der Waals surface area contributed by atoms with E-state index in [-0.39, 0.29) is 40.6 Å². The number of allylic oxidation sites excluding steroid dienone is 3. The van der Waals surface area contributed by atoms with E-state index in [2.05, 4.69) is 0 Å². The first kappa shape index (κ1) is 17.5. The molecule has 0 spiro atoms. The zero-order chi connectivity index (χ0) is 18.1. The number of rotatable bonds is 0. The maximum atomic E-state index is 12.5. The molecule has 2 N–H and O–H groups in total. The molecular weight excluding hydrogens is 348 g/mol. The Labute approximate surface area is 149 Å². The van der Waals surface area contributed by atoms with Gasteiger partial charge in [-0.2, -0.15) is 0 Å². The molecule has 0 saturated carbocycles. The van der Waals surface area contributed by atoms with Crippen LogP contribution in [0, 0.1) is 0 Å². The normalized spacial score (nSPS) is 29.0. The lowest BCUT2D eigenvalue weighted by Crippen LogP contribution is -2.19. The minimum atomic E-state index is -0.802. The molecule has 1 saturated heterocycles. The standard InChI is InChI=1S/C18H17ClO6/c1-9-6-15-14(25-15)5-3-2-4-10(20)7-11-16(18(23)24-9)12(21)8-13(22)17(11)19/h2-5,8-9,14-15,21-22H,6-7H2,1H3/b4-2-,5-3-/t9-,14+,15-/m1/s1. The van der Waals surface area contributed by atoms with Crippen LogP contribution in [0.2, 0.25) is 5.02 Å². The molecule has 1 aromatic rings. The Morgan fingerprint density at radius 3 is 2.72 bits per heavy atom. The van der Waals surface area contributed by atoms with Crippen molar-refractivity contribution in [1.29, 1.82) is 0 Å². The highest BCUT2D eigenvalue weighted by Crippen LogP contribution is 2.37. The number of cyclic esters (lactones) is 1. The van der Waals surface area contributed by atoms with E-state index in [4.69, 9.17) is 21.1 Å². The topological polar surface area (TPSA) is 96.4 Å². The van der Waals surface area contributed by atoms with Crippen LogP contribution >= 0.6 is 11.6 Å². The van der Waals surface area contributed by atoms with Gasteiger partial charge in [0.2, 0.25) is 0 Å². The third-order valence-corrected chi connectivity index (χ3v) is 4.49. The van der Waals surface area contributed by atoms with E-state index in [0.717, 1.165) is 6.07 Å². The quantitative estimate of drug-likeness (QED) is 0.542. The summed E-state index contributed by atoms with van der Waals surface area (Å²) in [7, 11) is 0. The summed E-state index contributed by atoms with van der Waals surface area (Å²) >= 11 is 6.05. The molecule has 2 heterocycles. The molecule has 0 amide bonds. The number of esters is 1. The zero-order valence-electron chi connectivity index (χ0n) is 13.4. The molecule has 3 atom stereocenters. The van der Waals surface area contributed by atoms with Crippen molar-refractivity contribution in [2.75, 3.05) is 0 Å². The summed E-state index contributed by atoms with van der Waals surface area (Å²) in [5.74, 6) is -2.04. The zero-order valence-corrected chi connectivity index (χ0v) is 14.2. The summed E-state index contributed by atoms with van der Waals surface area (Å²) < 4.78 is 10.8. The highest BCUT2D eigenvalue weighted by atomic mass is 35.5. The number of ether oxygens (including phenoxy) is 2. The first-order valence-electron chi connectivity index (χ1n) is 7.84. The molecule has 0 unspecified atom stereocenters. The lowest BCUT2D eigenvalue weighted by molar-refractivity contribution is -0.114. The van der Waals surface area contributed by atoms with Crippen molar-refractivity contribution in [2.45, 2.75) is 38.1 Å². The van der Waals surface area contributed by atoms with Gasteiger partial charge in [0.1, 0.15) is 29.3 Å². The van der Waals surface area contributed by atoms with Crippen molar-refractivity contribution < 1.29 is 29.3 Å². The summed E-state index contributed by atoms with van der Waals surface area (Å²) in [6.45, 7) is 1.72. The van der Waals surface area contributed by atoms with Crippen LogP contribution in [0.3, 0.4) is 0 Å². The van der Waals surface area contributed by atoms with E-state index >= 15 is 0 Å². The molecule has 0 aliphatic carbocycles. The van der Waals surface area contributed by atoms with E-state index in [0.29, 0.717) is 6.42 Å². The maximum absolute atomic E-state index is 12.5. The van der Waals surface area contributed by atoms with Crippen LogP contribution in [0.25, 0.3) is 0 Å². The minimum absolute atomic E-state index is 0.0348. The largest absolute Gasteiger partial charge is 0.507 e. The number of epoxide rings is 1. The predicted molar refractivity (Wildman–Crippen MR) is 89.9 cm³/mol. The molecule has 1 fully saturated rings. The van der Waals surface area contributed by atoms with Crippen LogP contribution < -0.4 is 0 Å². The van der Waals surface area contributed by atoms with Gasteiger partial charge in [0.25, 0.3) is 0 Å². The number of carbonyl (C=O) groups excluding carboxylic acids is 2. The number of benzene rings is 1. The average molecular weight is 365 g/mol. The number of halogens is 1. The Hall–Kier alpha value is -2.31. The van der Waals surface area contributed by atoms with Crippen molar-refractivity contribution in [3.8, 4) is 11.5 Å². The number of ketones is 1. The molecule has 0 bridgehead atoms. The SMILES string of the molecule is C[C@@H]1C[C@H]2O[C@H]2/C=C\C=C/C(=O)Cc2c(Cl)c(O)cc(O)c2C(=O)O1. The molecule has 1 aromatic carbocycles. The van der Waals surface area contributed by atoms with Gasteiger partial charge in [-0.1, -0.05) is 29.8 Å². The molecule has 2 aliphatic rings.